The van der Waals surface area contributed by atoms with Crippen LogP contribution in [0.3, 0.4) is 0 Å². The molecule has 0 aliphatic carbocycles. The second-order valence-corrected chi connectivity index (χ2v) is 3.25. The van der Waals surface area contributed by atoms with E-state index in [9.17, 15) is 4.39 Å². The van der Waals surface area contributed by atoms with Crippen molar-refractivity contribution in [2.45, 2.75) is 6.10 Å². The van der Waals surface area contributed by atoms with Crippen molar-refractivity contribution >= 4 is 11.6 Å². The molecule has 0 unspecified atom stereocenters. The van der Waals surface area contributed by atoms with Gasteiger partial charge in [0.25, 0.3) is 0 Å². The van der Waals surface area contributed by atoms with Crippen LogP contribution in [0.4, 0.5) is 4.39 Å². The maximum absolute atomic E-state index is 12.6. The smallest absolute Gasteiger partial charge is 0.138 e. The van der Waals surface area contributed by atoms with Crippen LogP contribution in [-0.4, -0.2) is 19.3 Å². The van der Waals surface area contributed by atoms with Gasteiger partial charge in [0.05, 0.1) is 11.6 Å². The largest absolute Gasteiger partial charge is 0.489 e. The first-order valence-electron chi connectivity index (χ1n) is 3.95. The predicted molar refractivity (Wildman–Crippen MR) is 46.6 cm³/mol. The van der Waals surface area contributed by atoms with Crippen LogP contribution in [0.1, 0.15) is 0 Å². The highest BCUT2D eigenvalue weighted by Crippen LogP contribution is 2.25. The Morgan fingerprint density at radius 2 is 2.38 bits per heavy atom. The van der Waals surface area contributed by atoms with E-state index >= 15 is 0 Å². The van der Waals surface area contributed by atoms with E-state index in [1.54, 1.807) is 0 Å². The molecular formula is C9H8ClFO2. The zero-order chi connectivity index (χ0) is 9.26. The maximum Gasteiger partial charge on any atom is 0.138 e. The lowest BCUT2D eigenvalue weighted by Gasteiger charge is -2.05. The first-order valence-corrected chi connectivity index (χ1v) is 4.33. The molecule has 0 aromatic heterocycles. The second kappa shape index (κ2) is 3.52. The van der Waals surface area contributed by atoms with Crippen molar-refractivity contribution in [3.05, 3.63) is 29.0 Å². The molecule has 1 aliphatic rings. The molecule has 0 radical (unpaired) electrons. The minimum atomic E-state index is -0.361. The van der Waals surface area contributed by atoms with Gasteiger partial charge in [0.15, 0.2) is 0 Å². The number of rotatable bonds is 3. The molecule has 2 nitrogen and oxygen atoms in total. The highest BCUT2D eigenvalue weighted by molar-refractivity contribution is 6.32. The standard InChI is InChI=1S/C9H8ClFO2/c10-8-3-6(11)1-2-9(8)13-5-7-4-12-7/h1-3,7H,4-5H2/t7-/m1/s1. The van der Waals surface area contributed by atoms with Crippen molar-refractivity contribution in [3.63, 3.8) is 0 Å². The minimum absolute atomic E-state index is 0.182. The van der Waals surface area contributed by atoms with Gasteiger partial charge in [-0.2, -0.15) is 0 Å². The normalized spacial score (nSPS) is 20.0. The lowest BCUT2D eigenvalue weighted by atomic mass is 10.3. The van der Waals surface area contributed by atoms with Crippen molar-refractivity contribution in [1.29, 1.82) is 0 Å². The molecule has 4 heteroatoms. The Labute approximate surface area is 80.2 Å². The van der Waals surface area contributed by atoms with Gasteiger partial charge in [-0.3, -0.25) is 0 Å². The highest BCUT2D eigenvalue weighted by Gasteiger charge is 2.23. The van der Waals surface area contributed by atoms with Gasteiger partial charge in [0.1, 0.15) is 24.3 Å². The minimum Gasteiger partial charge on any atom is -0.489 e. The first-order chi connectivity index (χ1) is 6.25. The monoisotopic (exact) mass is 202 g/mol. The molecule has 0 saturated carbocycles. The van der Waals surface area contributed by atoms with E-state index in [4.69, 9.17) is 21.1 Å². The second-order valence-electron chi connectivity index (χ2n) is 2.84. The Kier molecular flexibility index (Phi) is 2.38. The van der Waals surface area contributed by atoms with Crippen LogP contribution in [0.15, 0.2) is 18.2 Å². The molecule has 1 fully saturated rings. The van der Waals surface area contributed by atoms with Crippen molar-refractivity contribution in [1.82, 2.24) is 0 Å². The molecule has 2 rings (SSSR count). The fourth-order valence-electron chi connectivity index (χ4n) is 0.939. The van der Waals surface area contributed by atoms with Gasteiger partial charge in [-0.15, -0.1) is 0 Å². The SMILES string of the molecule is Fc1ccc(OC[C@H]2CO2)c(Cl)c1. The molecule has 70 valence electrons. The Morgan fingerprint density at radius 1 is 1.62 bits per heavy atom. The number of hydrogen-bond acceptors (Lipinski definition) is 2. The predicted octanol–water partition coefficient (Wildman–Crippen LogP) is 2.26. The van der Waals surface area contributed by atoms with E-state index in [0.29, 0.717) is 17.4 Å². The van der Waals surface area contributed by atoms with E-state index in [0.717, 1.165) is 6.61 Å². The summed E-state index contributed by atoms with van der Waals surface area (Å²) in [7, 11) is 0. The third kappa shape index (κ3) is 2.32. The summed E-state index contributed by atoms with van der Waals surface area (Å²) in [6.45, 7) is 1.21. The van der Waals surface area contributed by atoms with Crippen LogP contribution in [0.25, 0.3) is 0 Å². The summed E-state index contributed by atoms with van der Waals surface area (Å²) in [5.41, 5.74) is 0. The summed E-state index contributed by atoms with van der Waals surface area (Å²) in [5.74, 6) is 0.138. The van der Waals surface area contributed by atoms with Gasteiger partial charge in [0.2, 0.25) is 0 Å². The van der Waals surface area contributed by atoms with Gasteiger partial charge in [-0.25, -0.2) is 4.39 Å². The Balaban J connectivity index is 2.01. The summed E-state index contributed by atoms with van der Waals surface area (Å²) in [5, 5.41) is 0.292. The lowest BCUT2D eigenvalue weighted by Crippen LogP contribution is -2.04. The van der Waals surface area contributed by atoms with Crippen molar-refractivity contribution < 1.29 is 13.9 Å². The number of halogens is 2. The van der Waals surface area contributed by atoms with Crippen LogP contribution in [0, 0.1) is 5.82 Å². The number of ether oxygens (including phenoxy) is 2. The molecule has 1 aromatic rings. The van der Waals surface area contributed by atoms with Crippen LogP contribution < -0.4 is 4.74 Å². The number of benzene rings is 1. The molecule has 0 bridgehead atoms. The van der Waals surface area contributed by atoms with Crippen molar-refractivity contribution in [2.75, 3.05) is 13.2 Å². The van der Waals surface area contributed by atoms with Gasteiger partial charge < -0.3 is 9.47 Å². The van der Waals surface area contributed by atoms with E-state index in [1.165, 1.54) is 18.2 Å². The lowest BCUT2D eigenvalue weighted by molar-refractivity contribution is 0.263. The van der Waals surface area contributed by atoms with Crippen LogP contribution >= 0.6 is 11.6 Å². The van der Waals surface area contributed by atoms with Crippen LogP contribution in [-0.2, 0) is 4.74 Å². The summed E-state index contributed by atoms with van der Waals surface area (Å²) in [6, 6.07) is 4.06. The zero-order valence-corrected chi connectivity index (χ0v) is 7.55. The third-order valence-electron chi connectivity index (χ3n) is 1.72. The van der Waals surface area contributed by atoms with Crippen molar-refractivity contribution in [3.8, 4) is 5.75 Å². The molecule has 0 amide bonds. The highest BCUT2D eigenvalue weighted by atomic mass is 35.5. The van der Waals surface area contributed by atoms with E-state index in [1.807, 2.05) is 0 Å². The molecule has 1 aromatic carbocycles. The summed E-state index contributed by atoms with van der Waals surface area (Å²) < 4.78 is 22.8. The van der Waals surface area contributed by atoms with Crippen LogP contribution in [0.5, 0.6) is 5.75 Å². The average Bonchev–Trinajstić information content (AvgIpc) is 2.86. The Bertz CT molecular complexity index is 312. The molecule has 1 heterocycles. The zero-order valence-electron chi connectivity index (χ0n) is 6.80. The van der Waals surface area contributed by atoms with E-state index < -0.39 is 0 Å². The molecule has 0 spiro atoms. The molecule has 13 heavy (non-hydrogen) atoms. The number of epoxide rings is 1. The van der Waals surface area contributed by atoms with Gasteiger partial charge in [-0.1, -0.05) is 11.6 Å². The molecule has 0 N–H and O–H groups in total. The number of hydrogen-bond donors (Lipinski definition) is 0. The fraction of sp³-hybridized carbons (Fsp3) is 0.333. The maximum atomic E-state index is 12.6. The molecule has 1 aliphatic heterocycles. The van der Waals surface area contributed by atoms with Crippen molar-refractivity contribution in [2.24, 2.45) is 0 Å². The van der Waals surface area contributed by atoms with Gasteiger partial charge in [0, 0.05) is 0 Å². The molecule has 1 atom stereocenters. The van der Waals surface area contributed by atoms with Gasteiger partial charge >= 0.3 is 0 Å². The summed E-state index contributed by atoms with van der Waals surface area (Å²) in [4.78, 5) is 0. The van der Waals surface area contributed by atoms with Gasteiger partial charge in [-0.05, 0) is 18.2 Å². The summed E-state index contributed by atoms with van der Waals surface area (Å²) >= 11 is 5.73. The summed E-state index contributed by atoms with van der Waals surface area (Å²) in [6.07, 6.45) is 0.182. The Morgan fingerprint density at radius 3 is 3.00 bits per heavy atom. The van der Waals surface area contributed by atoms with E-state index in [2.05, 4.69) is 0 Å². The first kappa shape index (κ1) is 8.78. The van der Waals surface area contributed by atoms with E-state index in [-0.39, 0.29) is 11.9 Å². The quantitative estimate of drug-likeness (QED) is 0.702. The third-order valence-corrected chi connectivity index (χ3v) is 2.02. The topological polar surface area (TPSA) is 21.8 Å². The van der Waals surface area contributed by atoms with Crippen LogP contribution in [0.2, 0.25) is 5.02 Å². The Hall–Kier alpha value is -0.800. The average molecular weight is 203 g/mol. The fourth-order valence-corrected chi connectivity index (χ4v) is 1.16. The molecular weight excluding hydrogens is 195 g/mol. The molecule has 1 saturated heterocycles.